The highest BCUT2D eigenvalue weighted by molar-refractivity contribution is 5.94. The number of ketones is 1. The zero-order valence-electron chi connectivity index (χ0n) is 6.79. The Bertz CT molecular complexity index is 184. The van der Waals surface area contributed by atoms with Gasteiger partial charge in [-0.25, -0.2) is 0 Å². The summed E-state index contributed by atoms with van der Waals surface area (Å²) in [5, 5.41) is 0. The molecule has 1 fully saturated rings. The molecule has 11 heavy (non-hydrogen) atoms. The predicted octanol–water partition coefficient (Wildman–Crippen LogP) is 0.569. The van der Waals surface area contributed by atoms with E-state index in [9.17, 15) is 9.59 Å². The van der Waals surface area contributed by atoms with E-state index in [0.29, 0.717) is 12.7 Å². The lowest BCUT2D eigenvalue weighted by Crippen LogP contribution is -2.40. The van der Waals surface area contributed by atoms with Gasteiger partial charge in [-0.3, -0.25) is 4.79 Å². The third kappa shape index (κ3) is 1.87. The fourth-order valence-corrected chi connectivity index (χ4v) is 1.13. The Kier molecular flexibility index (Phi) is 2.09. The van der Waals surface area contributed by atoms with E-state index in [-0.39, 0.29) is 18.0 Å². The van der Waals surface area contributed by atoms with Crippen molar-refractivity contribution in [1.82, 2.24) is 0 Å². The van der Waals surface area contributed by atoms with Crippen LogP contribution in [0.15, 0.2) is 0 Å². The van der Waals surface area contributed by atoms with Crippen molar-refractivity contribution in [2.45, 2.75) is 25.9 Å². The number of aldehydes is 1. The summed E-state index contributed by atoms with van der Waals surface area (Å²) >= 11 is 0. The second kappa shape index (κ2) is 2.74. The van der Waals surface area contributed by atoms with Crippen LogP contribution in [0.2, 0.25) is 0 Å². The normalized spacial score (nSPS) is 30.0. The number of Topliss-reactive ketones (excluding diaryl/α,β-unsaturated/α-hetero) is 1. The van der Waals surface area contributed by atoms with Gasteiger partial charge in [0.15, 0.2) is 0 Å². The van der Waals surface area contributed by atoms with Gasteiger partial charge in [0.25, 0.3) is 0 Å². The largest absolute Gasteiger partial charge is 0.374 e. The highest BCUT2D eigenvalue weighted by atomic mass is 16.5. The fraction of sp³-hybridized carbons (Fsp3) is 0.750. The van der Waals surface area contributed by atoms with Crippen molar-refractivity contribution in [1.29, 1.82) is 0 Å². The molecule has 0 spiro atoms. The average Bonchev–Trinajstić information content (AvgIpc) is 1.86. The molecule has 0 N–H and O–H groups in total. The zero-order valence-corrected chi connectivity index (χ0v) is 6.79. The van der Waals surface area contributed by atoms with Gasteiger partial charge in [0.2, 0.25) is 0 Å². The summed E-state index contributed by atoms with van der Waals surface area (Å²) in [5.74, 6) is -0.528. The Morgan fingerprint density at radius 2 is 2.27 bits per heavy atom. The van der Waals surface area contributed by atoms with Crippen LogP contribution in [0.3, 0.4) is 0 Å². The van der Waals surface area contributed by atoms with E-state index in [4.69, 9.17) is 4.74 Å². The van der Waals surface area contributed by atoms with Crippen LogP contribution in [0.5, 0.6) is 0 Å². The van der Waals surface area contributed by atoms with E-state index in [2.05, 4.69) is 0 Å². The molecule has 0 aromatic carbocycles. The van der Waals surface area contributed by atoms with Gasteiger partial charge in [-0.2, -0.15) is 0 Å². The molecule has 0 amide bonds. The topological polar surface area (TPSA) is 43.4 Å². The summed E-state index contributed by atoms with van der Waals surface area (Å²) < 4.78 is 5.29. The van der Waals surface area contributed by atoms with Crippen LogP contribution in [0.1, 0.15) is 20.3 Å². The molecular weight excluding hydrogens is 144 g/mol. The second-order valence-electron chi connectivity index (χ2n) is 3.46. The number of rotatable bonds is 1. The highest BCUT2D eigenvalue weighted by Gasteiger charge is 2.33. The molecule has 3 heteroatoms. The van der Waals surface area contributed by atoms with Crippen molar-refractivity contribution >= 4 is 12.1 Å². The molecule has 0 aliphatic carbocycles. The monoisotopic (exact) mass is 156 g/mol. The van der Waals surface area contributed by atoms with E-state index < -0.39 is 5.92 Å². The summed E-state index contributed by atoms with van der Waals surface area (Å²) in [6.45, 7) is 3.95. The lowest BCUT2D eigenvalue weighted by Gasteiger charge is -2.31. The molecule has 0 aromatic rings. The number of ether oxygens (including phenoxy) is 1. The maximum absolute atomic E-state index is 11.1. The third-order valence-electron chi connectivity index (χ3n) is 1.83. The van der Waals surface area contributed by atoms with Gasteiger partial charge in [0, 0.05) is 6.42 Å². The summed E-state index contributed by atoms with van der Waals surface area (Å²) in [6, 6.07) is 0. The van der Waals surface area contributed by atoms with Crippen LogP contribution >= 0.6 is 0 Å². The number of hydrogen-bond donors (Lipinski definition) is 0. The minimum Gasteiger partial charge on any atom is -0.374 e. The zero-order chi connectivity index (χ0) is 8.48. The van der Waals surface area contributed by atoms with Crippen LogP contribution in [0.25, 0.3) is 0 Å². The first-order valence-corrected chi connectivity index (χ1v) is 3.67. The average molecular weight is 156 g/mol. The molecule has 62 valence electrons. The van der Waals surface area contributed by atoms with Crippen LogP contribution in [0.4, 0.5) is 0 Å². The Morgan fingerprint density at radius 1 is 1.64 bits per heavy atom. The Morgan fingerprint density at radius 3 is 2.73 bits per heavy atom. The standard InChI is InChI=1S/C8H12O3/c1-8(2)3-7(10)6(4-9)5-11-8/h4,6H,3,5H2,1-2H3. The molecule has 1 unspecified atom stereocenters. The first-order valence-electron chi connectivity index (χ1n) is 3.67. The lowest BCUT2D eigenvalue weighted by atomic mass is 9.91. The van der Waals surface area contributed by atoms with Crippen LogP contribution in [-0.2, 0) is 14.3 Å². The molecule has 1 aliphatic heterocycles. The number of hydrogen-bond acceptors (Lipinski definition) is 3. The first-order chi connectivity index (χ1) is 5.05. The van der Waals surface area contributed by atoms with Gasteiger partial charge in [-0.1, -0.05) is 0 Å². The van der Waals surface area contributed by atoms with Crippen LogP contribution < -0.4 is 0 Å². The highest BCUT2D eigenvalue weighted by Crippen LogP contribution is 2.23. The molecule has 0 bridgehead atoms. The molecule has 1 saturated heterocycles. The van der Waals surface area contributed by atoms with Crippen molar-refractivity contribution in [3.63, 3.8) is 0 Å². The molecule has 1 rings (SSSR count). The third-order valence-corrected chi connectivity index (χ3v) is 1.83. The second-order valence-corrected chi connectivity index (χ2v) is 3.46. The van der Waals surface area contributed by atoms with E-state index in [1.807, 2.05) is 13.8 Å². The van der Waals surface area contributed by atoms with Crippen molar-refractivity contribution in [2.24, 2.45) is 5.92 Å². The molecule has 3 nitrogen and oxygen atoms in total. The maximum Gasteiger partial charge on any atom is 0.148 e. The molecule has 1 aliphatic rings. The van der Waals surface area contributed by atoms with Gasteiger partial charge in [0.05, 0.1) is 18.1 Å². The maximum atomic E-state index is 11.1. The quantitative estimate of drug-likeness (QED) is 0.411. The first kappa shape index (κ1) is 8.40. The minimum atomic E-state index is -0.525. The van der Waals surface area contributed by atoms with Gasteiger partial charge in [-0.15, -0.1) is 0 Å². The summed E-state index contributed by atoms with van der Waals surface area (Å²) in [4.78, 5) is 21.4. The van der Waals surface area contributed by atoms with Gasteiger partial charge < -0.3 is 9.53 Å². The van der Waals surface area contributed by atoms with Crippen molar-refractivity contribution in [2.75, 3.05) is 6.61 Å². The van der Waals surface area contributed by atoms with E-state index in [0.717, 1.165) is 0 Å². The summed E-state index contributed by atoms with van der Waals surface area (Å²) in [7, 11) is 0. The van der Waals surface area contributed by atoms with E-state index in [1.165, 1.54) is 0 Å². The van der Waals surface area contributed by atoms with Crippen molar-refractivity contribution < 1.29 is 14.3 Å². The Hall–Kier alpha value is -0.700. The predicted molar refractivity (Wildman–Crippen MR) is 39.2 cm³/mol. The van der Waals surface area contributed by atoms with Crippen LogP contribution in [-0.4, -0.2) is 24.3 Å². The summed E-state index contributed by atoms with van der Waals surface area (Å²) in [6.07, 6.45) is 1.01. The molecule has 1 atom stereocenters. The lowest BCUT2D eigenvalue weighted by molar-refractivity contribution is -0.147. The van der Waals surface area contributed by atoms with Crippen molar-refractivity contribution in [3.05, 3.63) is 0 Å². The van der Waals surface area contributed by atoms with Crippen LogP contribution in [0, 0.1) is 5.92 Å². The number of carbonyl (C=O) groups is 2. The van der Waals surface area contributed by atoms with E-state index >= 15 is 0 Å². The molecule has 0 saturated carbocycles. The minimum absolute atomic E-state index is 0.00347. The SMILES string of the molecule is CC1(C)CC(=O)C(C=O)CO1. The molecule has 0 radical (unpaired) electrons. The van der Waals surface area contributed by atoms with Crippen molar-refractivity contribution in [3.8, 4) is 0 Å². The molecular formula is C8H12O3. The molecule has 1 heterocycles. The molecule has 0 aromatic heterocycles. The van der Waals surface area contributed by atoms with E-state index in [1.54, 1.807) is 0 Å². The number of carbonyl (C=O) groups excluding carboxylic acids is 2. The Labute approximate surface area is 65.7 Å². The Balaban J connectivity index is 2.62. The van der Waals surface area contributed by atoms with Gasteiger partial charge in [0.1, 0.15) is 12.1 Å². The van der Waals surface area contributed by atoms with Gasteiger partial charge >= 0.3 is 0 Å². The summed E-state index contributed by atoms with van der Waals surface area (Å²) in [5.41, 5.74) is -0.378. The smallest absolute Gasteiger partial charge is 0.148 e. The van der Waals surface area contributed by atoms with Gasteiger partial charge in [-0.05, 0) is 13.8 Å². The fourth-order valence-electron chi connectivity index (χ4n) is 1.13.